The number of aliphatic hydroxyl groups excluding tert-OH is 1. The van der Waals surface area contributed by atoms with Gasteiger partial charge >= 0.3 is 0 Å². The fourth-order valence-corrected chi connectivity index (χ4v) is 2.21. The summed E-state index contributed by atoms with van der Waals surface area (Å²) in [6, 6.07) is 5.82. The maximum atomic E-state index is 9.83. The van der Waals surface area contributed by atoms with Crippen molar-refractivity contribution in [3.63, 3.8) is 0 Å². The van der Waals surface area contributed by atoms with Gasteiger partial charge in [0.25, 0.3) is 5.89 Å². The number of hydrogen-bond acceptors (Lipinski definition) is 5. The SMILES string of the molecule is CCCC(O)c1noc(-c2ccc3c(c2)CCO3)n1. The molecule has 0 radical (unpaired) electrons. The number of rotatable bonds is 4. The zero-order valence-corrected chi connectivity index (χ0v) is 10.8. The average Bonchev–Trinajstić information content (AvgIpc) is 3.07. The molecule has 0 fully saturated rings. The van der Waals surface area contributed by atoms with Crippen molar-refractivity contribution in [1.82, 2.24) is 10.1 Å². The van der Waals surface area contributed by atoms with Crippen LogP contribution in [-0.4, -0.2) is 21.9 Å². The van der Waals surface area contributed by atoms with Crippen molar-refractivity contribution < 1.29 is 14.4 Å². The highest BCUT2D eigenvalue weighted by atomic mass is 16.5. The van der Waals surface area contributed by atoms with Crippen LogP contribution < -0.4 is 4.74 Å². The van der Waals surface area contributed by atoms with E-state index in [0.717, 1.165) is 36.3 Å². The van der Waals surface area contributed by atoms with Crippen LogP contribution in [0.25, 0.3) is 11.5 Å². The van der Waals surface area contributed by atoms with Crippen molar-refractivity contribution >= 4 is 0 Å². The second-order valence-corrected chi connectivity index (χ2v) is 4.68. The van der Waals surface area contributed by atoms with Crippen molar-refractivity contribution in [3.8, 4) is 17.2 Å². The number of hydrogen-bond donors (Lipinski definition) is 1. The molecule has 0 amide bonds. The second kappa shape index (κ2) is 5.01. The monoisotopic (exact) mass is 260 g/mol. The molecule has 1 aliphatic rings. The van der Waals surface area contributed by atoms with E-state index in [2.05, 4.69) is 10.1 Å². The normalized spacial score (nSPS) is 15.1. The number of aromatic nitrogens is 2. The van der Waals surface area contributed by atoms with Gasteiger partial charge in [0.15, 0.2) is 0 Å². The van der Waals surface area contributed by atoms with Crippen molar-refractivity contribution in [2.75, 3.05) is 6.61 Å². The van der Waals surface area contributed by atoms with Crippen molar-refractivity contribution in [1.29, 1.82) is 0 Å². The second-order valence-electron chi connectivity index (χ2n) is 4.68. The Bertz CT molecular complexity index is 580. The van der Waals surface area contributed by atoms with Gasteiger partial charge in [0, 0.05) is 12.0 Å². The summed E-state index contributed by atoms with van der Waals surface area (Å²) in [5.74, 6) is 1.72. The lowest BCUT2D eigenvalue weighted by Crippen LogP contribution is -1.98. The fourth-order valence-electron chi connectivity index (χ4n) is 2.21. The first-order valence-electron chi connectivity index (χ1n) is 6.55. The van der Waals surface area contributed by atoms with Crippen LogP contribution in [-0.2, 0) is 6.42 Å². The molecule has 1 aliphatic heterocycles. The molecule has 5 heteroatoms. The van der Waals surface area contributed by atoms with Gasteiger partial charge < -0.3 is 14.4 Å². The first kappa shape index (κ1) is 12.2. The van der Waals surface area contributed by atoms with Gasteiger partial charge in [-0.15, -0.1) is 0 Å². The first-order valence-corrected chi connectivity index (χ1v) is 6.55. The van der Waals surface area contributed by atoms with E-state index in [1.165, 1.54) is 0 Å². The third-order valence-corrected chi connectivity index (χ3v) is 3.24. The van der Waals surface area contributed by atoms with Crippen LogP contribution in [0, 0.1) is 0 Å². The van der Waals surface area contributed by atoms with E-state index in [-0.39, 0.29) is 0 Å². The molecule has 19 heavy (non-hydrogen) atoms. The fraction of sp³-hybridized carbons (Fsp3) is 0.429. The Morgan fingerprint density at radius 3 is 3.16 bits per heavy atom. The number of ether oxygens (including phenoxy) is 1. The van der Waals surface area contributed by atoms with E-state index in [4.69, 9.17) is 9.26 Å². The lowest BCUT2D eigenvalue weighted by molar-refractivity contribution is 0.153. The maximum Gasteiger partial charge on any atom is 0.258 e. The molecular weight excluding hydrogens is 244 g/mol. The van der Waals surface area contributed by atoms with E-state index >= 15 is 0 Å². The largest absolute Gasteiger partial charge is 0.493 e. The molecule has 0 saturated carbocycles. The summed E-state index contributed by atoms with van der Waals surface area (Å²) in [5, 5.41) is 13.7. The van der Waals surface area contributed by atoms with E-state index in [9.17, 15) is 5.11 Å². The summed E-state index contributed by atoms with van der Waals surface area (Å²) >= 11 is 0. The Labute approximate surface area is 111 Å². The van der Waals surface area contributed by atoms with Gasteiger partial charge in [-0.1, -0.05) is 18.5 Å². The average molecular weight is 260 g/mol. The minimum atomic E-state index is -0.653. The third kappa shape index (κ3) is 2.33. The molecule has 0 saturated heterocycles. The number of benzene rings is 1. The van der Waals surface area contributed by atoms with Gasteiger partial charge in [0.05, 0.1) is 6.61 Å². The van der Waals surface area contributed by atoms with Crippen LogP contribution in [0.5, 0.6) is 5.75 Å². The standard InChI is InChI=1S/C14H16N2O3/c1-2-3-11(17)13-15-14(19-16-13)10-4-5-12-9(8-10)6-7-18-12/h4-5,8,11,17H,2-3,6-7H2,1H3. The minimum absolute atomic E-state index is 0.355. The molecular formula is C14H16N2O3. The summed E-state index contributed by atoms with van der Waals surface area (Å²) in [5.41, 5.74) is 2.03. The molecule has 1 N–H and O–H groups in total. The smallest absolute Gasteiger partial charge is 0.258 e. The Morgan fingerprint density at radius 2 is 2.32 bits per heavy atom. The zero-order valence-electron chi connectivity index (χ0n) is 10.8. The van der Waals surface area contributed by atoms with Crippen molar-refractivity contribution in [2.24, 2.45) is 0 Å². The molecule has 1 atom stereocenters. The molecule has 5 nitrogen and oxygen atoms in total. The highest BCUT2D eigenvalue weighted by molar-refractivity contribution is 5.58. The van der Waals surface area contributed by atoms with E-state index in [1.54, 1.807) is 0 Å². The van der Waals surface area contributed by atoms with E-state index in [0.29, 0.717) is 18.1 Å². The minimum Gasteiger partial charge on any atom is -0.493 e. The Hall–Kier alpha value is -1.88. The van der Waals surface area contributed by atoms with Gasteiger partial charge in [0.2, 0.25) is 5.82 Å². The van der Waals surface area contributed by atoms with Gasteiger partial charge in [-0.05, 0) is 30.2 Å². The van der Waals surface area contributed by atoms with Crippen molar-refractivity contribution in [2.45, 2.75) is 32.3 Å². The van der Waals surface area contributed by atoms with Crippen LogP contribution in [0.1, 0.15) is 37.3 Å². The Balaban J connectivity index is 1.86. The molecule has 0 aliphatic carbocycles. The van der Waals surface area contributed by atoms with Gasteiger partial charge in [-0.25, -0.2) is 0 Å². The van der Waals surface area contributed by atoms with Gasteiger partial charge in [-0.3, -0.25) is 0 Å². The Kier molecular flexibility index (Phi) is 3.21. The number of aliphatic hydroxyl groups is 1. The first-order chi connectivity index (χ1) is 9.28. The predicted molar refractivity (Wildman–Crippen MR) is 68.8 cm³/mol. The van der Waals surface area contributed by atoms with Crippen LogP contribution in [0.2, 0.25) is 0 Å². The molecule has 100 valence electrons. The highest BCUT2D eigenvalue weighted by Crippen LogP contribution is 2.30. The summed E-state index contributed by atoms with van der Waals surface area (Å²) in [6.07, 6.45) is 1.76. The van der Waals surface area contributed by atoms with Crippen LogP contribution >= 0.6 is 0 Å². The third-order valence-electron chi connectivity index (χ3n) is 3.24. The summed E-state index contributed by atoms with van der Waals surface area (Å²) in [7, 11) is 0. The molecule has 0 bridgehead atoms. The summed E-state index contributed by atoms with van der Waals surface area (Å²) < 4.78 is 10.7. The molecule has 1 unspecified atom stereocenters. The molecule has 2 heterocycles. The van der Waals surface area contributed by atoms with Gasteiger partial charge in [0.1, 0.15) is 11.9 Å². The maximum absolute atomic E-state index is 9.83. The van der Waals surface area contributed by atoms with Crippen LogP contribution in [0.15, 0.2) is 22.7 Å². The topological polar surface area (TPSA) is 68.4 Å². The van der Waals surface area contributed by atoms with Crippen LogP contribution in [0.3, 0.4) is 0 Å². The Morgan fingerprint density at radius 1 is 1.42 bits per heavy atom. The number of nitrogens with zero attached hydrogens (tertiary/aromatic N) is 2. The summed E-state index contributed by atoms with van der Waals surface area (Å²) in [6.45, 7) is 2.73. The molecule has 3 rings (SSSR count). The van der Waals surface area contributed by atoms with E-state index in [1.807, 2.05) is 25.1 Å². The molecule has 1 aromatic heterocycles. The molecule has 1 aromatic carbocycles. The van der Waals surface area contributed by atoms with Gasteiger partial charge in [-0.2, -0.15) is 4.98 Å². The van der Waals surface area contributed by atoms with Crippen molar-refractivity contribution in [3.05, 3.63) is 29.6 Å². The lowest BCUT2D eigenvalue weighted by Gasteiger charge is -2.01. The number of fused-ring (bicyclic) bond motifs is 1. The molecule has 2 aromatic rings. The predicted octanol–water partition coefficient (Wildman–Crippen LogP) is 2.51. The molecule has 0 spiro atoms. The highest BCUT2D eigenvalue weighted by Gasteiger charge is 2.18. The summed E-state index contributed by atoms with van der Waals surface area (Å²) in [4.78, 5) is 4.26. The quantitative estimate of drug-likeness (QED) is 0.914. The lowest BCUT2D eigenvalue weighted by atomic mass is 10.1. The zero-order chi connectivity index (χ0) is 13.2. The van der Waals surface area contributed by atoms with E-state index < -0.39 is 6.10 Å². The van der Waals surface area contributed by atoms with Crippen LogP contribution in [0.4, 0.5) is 0 Å².